The average Bonchev–Trinajstić information content (AvgIpc) is 3.06. The first-order chi connectivity index (χ1) is 12.8. The van der Waals surface area contributed by atoms with Crippen molar-refractivity contribution >= 4 is 55.0 Å². The number of hydrogen-bond acceptors (Lipinski definition) is 7. The molecule has 0 atom stereocenters. The summed E-state index contributed by atoms with van der Waals surface area (Å²) >= 11 is 5.79. The third-order valence-electron chi connectivity index (χ3n) is 4.02. The molecule has 1 aliphatic heterocycles. The van der Waals surface area contributed by atoms with Crippen molar-refractivity contribution in [1.29, 1.82) is 0 Å². The maximum atomic E-state index is 12.6. The van der Waals surface area contributed by atoms with Crippen molar-refractivity contribution in [3.63, 3.8) is 0 Å². The van der Waals surface area contributed by atoms with Crippen LogP contribution in [-0.4, -0.2) is 65.4 Å². The maximum absolute atomic E-state index is 12.6. The average molecular weight is 491 g/mol. The highest BCUT2D eigenvalue weighted by atomic mass is 79.9. The second-order valence-corrected chi connectivity index (χ2v) is 11.6. The smallest absolute Gasteiger partial charge is 0.252 e. The molecule has 1 fully saturated rings. The number of carbonyl (C=O) groups is 1. The highest BCUT2D eigenvalue weighted by Gasteiger charge is 2.31. The van der Waals surface area contributed by atoms with Gasteiger partial charge < -0.3 is 4.90 Å². The van der Waals surface area contributed by atoms with E-state index < -0.39 is 10.0 Å². The van der Waals surface area contributed by atoms with Crippen LogP contribution in [0.3, 0.4) is 0 Å². The number of hydrogen-bond donors (Lipinski definition) is 0. The monoisotopic (exact) mass is 490 g/mol. The molecule has 146 valence electrons. The molecule has 27 heavy (non-hydrogen) atoms. The zero-order valence-electron chi connectivity index (χ0n) is 14.9. The Morgan fingerprint density at radius 1 is 1.19 bits per heavy atom. The minimum Gasteiger partial charge on any atom is -0.339 e. The number of thioether (sulfide) groups is 1. The lowest BCUT2D eigenvalue weighted by Gasteiger charge is -2.33. The van der Waals surface area contributed by atoms with Crippen LogP contribution >= 0.6 is 39.0 Å². The molecule has 11 heteroatoms. The Morgan fingerprint density at radius 2 is 1.81 bits per heavy atom. The number of aromatic nitrogens is 2. The van der Waals surface area contributed by atoms with Crippen molar-refractivity contribution in [3.8, 4) is 0 Å². The highest BCUT2D eigenvalue weighted by Crippen LogP contribution is 2.29. The summed E-state index contributed by atoms with van der Waals surface area (Å²) in [6, 6.07) is 5.21. The molecule has 0 bridgehead atoms. The summed E-state index contributed by atoms with van der Waals surface area (Å²) in [5, 5.41) is 0.588. The summed E-state index contributed by atoms with van der Waals surface area (Å²) in [7, 11) is -3.50. The number of nitrogens with zero attached hydrogens (tertiary/aromatic N) is 4. The molecule has 0 aromatic carbocycles. The molecule has 0 unspecified atom stereocenters. The number of halogens is 1. The molecule has 0 N–H and O–H groups in total. The summed E-state index contributed by atoms with van der Waals surface area (Å²) < 4.78 is 27.8. The lowest BCUT2D eigenvalue weighted by molar-refractivity contribution is -0.129. The minimum absolute atomic E-state index is 0.0290. The Morgan fingerprint density at radius 3 is 2.37 bits per heavy atom. The number of carbonyl (C=O) groups excluding carboxylic acids is 1. The number of piperazine rings is 1. The van der Waals surface area contributed by atoms with Crippen LogP contribution in [0.5, 0.6) is 0 Å². The molecule has 7 nitrogen and oxygen atoms in total. The van der Waals surface area contributed by atoms with Crippen LogP contribution < -0.4 is 0 Å². The normalized spacial score (nSPS) is 15.9. The van der Waals surface area contributed by atoms with Gasteiger partial charge in [0.2, 0.25) is 5.91 Å². The quantitative estimate of drug-likeness (QED) is 0.472. The van der Waals surface area contributed by atoms with Crippen LogP contribution in [0, 0.1) is 13.8 Å². The van der Waals surface area contributed by atoms with E-state index in [1.807, 2.05) is 19.9 Å². The van der Waals surface area contributed by atoms with E-state index in [1.165, 1.54) is 27.4 Å². The lowest BCUT2D eigenvalue weighted by Crippen LogP contribution is -2.50. The van der Waals surface area contributed by atoms with Crippen molar-refractivity contribution in [2.45, 2.75) is 23.2 Å². The van der Waals surface area contributed by atoms with Crippen LogP contribution in [0.15, 0.2) is 31.4 Å². The largest absolute Gasteiger partial charge is 0.339 e. The molecule has 2 aromatic heterocycles. The van der Waals surface area contributed by atoms with Crippen molar-refractivity contribution in [1.82, 2.24) is 19.2 Å². The fraction of sp³-hybridized carbons (Fsp3) is 0.438. The predicted octanol–water partition coefficient (Wildman–Crippen LogP) is 2.54. The first-order valence-electron chi connectivity index (χ1n) is 8.24. The number of sulfonamides is 1. The number of aryl methyl sites for hydroxylation is 2. The van der Waals surface area contributed by atoms with Crippen LogP contribution in [-0.2, 0) is 14.8 Å². The van der Waals surface area contributed by atoms with Gasteiger partial charge in [-0.15, -0.1) is 11.3 Å². The standard InChI is InChI=1S/C16H19BrN4O3S3/c1-11-9-12(2)19-16(18-11)25-10-14(22)20-5-7-21(8-6-20)27(23,24)15-4-3-13(17)26-15/h3-4,9H,5-8,10H2,1-2H3. The van der Waals surface area contributed by atoms with E-state index in [4.69, 9.17) is 0 Å². The predicted molar refractivity (Wildman–Crippen MR) is 110 cm³/mol. The molecule has 3 rings (SSSR count). The SMILES string of the molecule is Cc1cc(C)nc(SCC(=O)N2CCN(S(=O)(=O)c3ccc(Br)s3)CC2)n1. The summed E-state index contributed by atoms with van der Waals surface area (Å²) in [4.78, 5) is 22.8. The fourth-order valence-corrected chi connectivity index (χ4v) is 7.16. The third kappa shape index (κ3) is 5.08. The van der Waals surface area contributed by atoms with E-state index in [-0.39, 0.29) is 11.7 Å². The minimum atomic E-state index is -3.50. The van der Waals surface area contributed by atoms with Gasteiger partial charge in [-0.05, 0) is 48.0 Å². The summed E-state index contributed by atoms with van der Waals surface area (Å²) in [6.45, 7) is 5.17. The Balaban J connectivity index is 1.54. The summed E-state index contributed by atoms with van der Waals surface area (Å²) in [5.74, 6) is 0.215. The highest BCUT2D eigenvalue weighted by molar-refractivity contribution is 9.11. The Bertz CT molecular complexity index is 920. The Hall–Kier alpha value is -1.01. The topological polar surface area (TPSA) is 83.5 Å². The Labute approximate surface area is 175 Å². The van der Waals surface area contributed by atoms with E-state index >= 15 is 0 Å². The number of amides is 1. The van der Waals surface area contributed by atoms with Crippen molar-refractivity contribution in [2.24, 2.45) is 0 Å². The van der Waals surface area contributed by atoms with E-state index in [1.54, 1.807) is 17.0 Å². The zero-order valence-corrected chi connectivity index (χ0v) is 18.9. The van der Waals surface area contributed by atoms with E-state index in [2.05, 4.69) is 25.9 Å². The van der Waals surface area contributed by atoms with Crippen molar-refractivity contribution in [3.05, 3.63) is 33.4 Å². The van der Waals surface area contributed by atoms with Crippen LogP contribution in [0.25, 0.3) is 0 Å². The van der Waals surface area contributed by atoms with Crippen LogP contribution in [0.4, 0.5) is 0 Å². The van der Waals surface area contributed by atoms with Crippen molar-refractivity contribution < 1.29 is 13.2 Å². The zero-order chi connectivity index (χ0) is 19.6. The molecular weight excluding hydrogens is 472 g/mol. The van der Waals surface area contributed by atoms with E-state index in [9.17, 15) is 13.2 Å². The molecular formula is C16H19BrN4O3S3. The van der Waals surface area contributed by atoms with Gasteiger partial charge in [-0.2, -0.15) is 4.31 Å². The molecule has 0 spiro atoms. The summed E-state index contributed by atoms with van der Waals surface area (Å²) in [5.41, 5.74) is 1.74. The number of thiophene rings is 1. The molecule has 0 radical (unpaired) electrons. The second kappa shape index (κ2) is 8.56. The fourth-order valence-electron chi connectivity index (χ4n) is 2.72. The van der Waals surface area contributed by atoms with Gasteiger partial charge in [0.15, 0.2) is 5.16 Å². The third-order valence-corrected chi connectivity index (χ3v) is 8.84. The first kappa shape index (κ1) is 20.7. The van der Waals surface area contributed by atoms with Gasteiger partial charge in [-0.3, -0.25) is 4.79 Å². The molecule has 1 saturated heterocycles. The lowest BCUT2D eigenvalue weighted by atomic mass is 10.3. The van der Waals surface area contributed by atoms with Gasteiger partial charge in [-0.1, -0.05) is 11.8 Å². The first-order valence-corrected chi connectivity index (χ1v) is 12.3. The summed E-state index contributed by atoms with van der Waals surface area (Å²) in [6.07, 6.45) is 0. The molecule has 0 aliphatic carbocycles. The molecule has 2 aromatic rings. The molecule has 1 amide bonds. The van der Waals surface area contributed by atoms with E-state index in [0.717, 1.165) is 15.2 Å². The van der Waals surface area contributed by atoms with Gasteiger partial charge >= 0.3 is 0 Å². The molecule has 1 aliphatic rings. The van der Waals surface area contributed by atoms with Gasteiger partial charge in [0.25, 0.3) is 10.0 Å². The maximum Gasteiger partial charge on any atom is 0.252 e. The Kier molecular flexibility index (Phi) is 6.57. The molecule has 0 saturated carbocycles. The van der Waals surface area contributed by atoms with E-state index in [0.29, 0.717) is 35.5 Å². The number of rotatable bonds is 5. The van der Waals surface area contributed by atoms with Crippen LogP contribution in [0.2, 0.25) is 0 Å². The van der Waals surface area contributed by atoms with Gasteiger partial charge in [-0.25, -0.2) is 18.4 Å². The molecule has 3 heterocycles. The second-order valence-electron chi connectivity index (χ2n) is 6.07. The van der Waals surface area contributed by atoms with Gasteiger partial charge in [0.1, 0.15) is 4.21 Å². The van der Waals surface area contributed by atoms with Gasteiger partial charge in [0, 0.05) is 37.6 Å². The van der Waals surface area contributed by atoms with Gasteiger partial charge in [0.05, 0.1) is 9.54 Å². The van der Waals surface area contributed by atoms with Crippen LogP contribution in [0.1, 0.15) is 11.4 Å². The van der Waals surface area contributed by atoms with Crippen molar-refractivity contribution in [2.75, 3.05) is 31.9 Å².